The monoisotopic (exact) mass is 297 g/mol. The van der Waals surface area contributed by atoms with Crippen LogP contribution in [0.2, 0.25) is 5.02 Å². The number of hydrogen-bond acceptors (Lipinski definition) is 3. The van der Waals surface area contributed by atoms with E-state index in [4.69, 9.17) is 21.1 Å². The molecular formula is C15H20ClNO3. The maximum atomic E-state index is 12.1. The highest BCUT2D eigenvalue weighted by molar-refractivity contribution is 6.30. The molecule has 0 unspecified atom stereocenters. The number of nitrogens with zero attached hydrogens (tertiary/aromatic N) is 1. The van der Waals surface area contributed by atoms with Crippen molar-refractivity contribution in [3.63, 3.8) is 0 Å². The minimum Gasteiger partial charge on any atom is -0.381 e. The van der Waals surface area contributed by atoms with Gasteiger partial charge in [-0.3, -0.25) is 4.79 Å². The fourth-order valence-corrected chi connectivity index (χ4v) is 2.34. The van der Waals surface area contributed by atoms with E-state index in [1.807, 2.05) is 36.1 Å². The van der Waals surface area contributed by atoms with E-state index in [-0.39, 0.29) is 12.0 Å². The average molecular weight is 298 g/mol. The smallest absolute Gasteiger partial charge is 0.225 e. The highest BCUT2D eigenvalue weighted by Crippen LogP contribution is 2.23. The Kier molecular flexibility index (Phi) is 5.83. The van der Waals surface area contributed by atoms with Crippen molar-refractivity contribution in [1.82, 2.24) is 4.90 Å². The van der Waals surface area contributed by atoms with Crippen LogP contribution in [-0.4, -0.2) is 43.7 Å². The Labute approximate surface area is 124 Å². The Balaban J connectivity index is 1.91. The van der Waals surface area contributed by atoms with Crippen molar-refractivity contribution < 1.29 is 14.3 Å². The third-order valence-corrected chi connectivity index (χ3v) is 3.58. The molecule has 1 heterocycles. The van der Waals surface area contributed by atoms with Gasteiger partial charge in [0.15, 0.2) is 0 Å². The molecule has 1 aliphatic rings. The second kappa shape index (κ2) is 7.62. The zero-order chi connectivity index (χ0) is 14.4. The van der Waals surface area contributed by atoms with Crippen molar-refractivity contribution in [2.45, 2.75) is 19.4 Å². The van der Waals surface area contributed by atoms with Gasteiger partial charge in [-0.25, -0.2) is 0 Å². The van der Waals surface area contributed by atoms with E-state index in [1.54, 1.807) is 0 Å². The minimum absolute atomic E-state index is 0.0722. The number of ether oxygens (including phenoxy) is 2. The highest BCUT2D eigenvalue weighted by Gasteiger charge is 2.24. The van der Waals surface area contributed by atoms with Gasteiger partial charge >= 0.3 is 0 Å². The molecule has 4 nitrogen and oxygen atoms in total. The minimum atomic E-state index is -0.0722. The van der Waals surface area contributed by atoms with Crippen LogP contribution in [0.3, 0.4) is 0 Å². The quantitative estimate of drug-likeness (QED) is 0.784. The fraction of sp³-hybridized carbons (Fsp3) is 0.533. The molecule has 0 spiro atoms. The van der Waals surface area contributed by atoms with E-state index in [9.17, 15) is 4.79 Å². The normalized spacial score (nSPS) is 19.1. The molecule has 1 aromatic rings. The lowest BCUT2D eigenvalue weighted by molar-refractivity contribution is -0.140. The summed E-state index contributed by atoms with van der Waals surface area (Å²) in [6.07, 6.45) is 0.360. The van der Waals surface area contributed by atoms with Crippen molar-refractivity contribution >= 4 is 17.5 Å². The van der Waals surface area contributed by atoms with Crippen LogP contribution in [0.5, 0.6) is 0 Å². The molecule has 1 saturated heterocycles. The SMILES string of the molecule is CCOCCC(=O)N1CCO[C@@H](c2ccc(Cl)cc2)C1. The number of benzene rings is 1. The van der Waals surface area contributed by atoms with Crippen LogP contribution in [0, 0.1) is 0 Å². The van der Waals surface area contributed by atoms with Crippen LogP contribution in [0.1, 0.15) is 25.0 Å². The summed E-state index contributed by atoms with van der Waals surface area (Å²) in [6.45, 7) is 4.85. The van der Waals surface area contributed by atoms with Gasteiger partial charge in [0.05, 0.1) is 26.2 Å². The molecule has 1 aromatic carbocycles. The van der Waals surface area contributed by atoms with Crippen LogP contribution in [-0.2, 0) is 14.3 Å². The van der Waals surface area contributed by atoms with E-state index < -0.39 is 0 Å². The topological polar surface area (TPSA) is 38.8 Å². The largest absolute Gasteiger partial charge is 0.381 e. The van der Waals surface area contributed by atoms with E-state index in [2.05, 4.69) is 0 Å². The molecule has 2 rings (SSSR count). The van der Waals surface area contributed by atoms with Gasteiger partial charge in [0.1, 0.15) is 6.10 Å². The number of halogens is 1. The van der Waals surface area contributed by atoms with Gasteiger partial charge in [0, 0.05) is 18.2 Å². The molecule has 110 valence electrons. The Hall–Kier alpha value is -1.10. The molecule has 1 atom stereocenters. The molecular weight excluding hydrogens is 278 g/mol. The van der Waals surface area contributed by atoms with Gasteiger partial charge in [-0.15, -0.1) is 0 Å². The van der Waals surface area contributed by atoms with E-state index >= 15 is 0 Å². The predicted molar refractivity (Wildman–Crippen MR) is 77.8 cm³/mol. The summed E-state index contributed by atoms with van der Waals surface area (Å²) in [6, 6.07) is 7.58. The number of carbonyl (C=O) groups is 1. The van der Waals surface area contributed by atoms with Crippen molar-refractivity contribution in [2.24, 2.45) is 0 Å². The van der Waals surface area contributed by atoms with Gasteiger partial charge in [-0.1, -0.05) is 23.7 Å². The number of amides is 1. The Morgan fingerprint density at radius 1 is 1.45 bits per heavy atom. The molecule has 5 heteroatoms. The number of morpholine rings is 1. The molecule has 0 bridgehead atoms. The Morgan fingerprint density at radius 2 is 2.20 bits per heavy atom. The average Bonchev–Trinajstić information content (AvgIpc) is 2.48. The van der Waals surface area contributed by atoms with Crippen LogP contribution < -0.4 is 0 Å². The molecule has 1 fully saturated rings. The summed E-state index contributed by atoms with van der Waals surface area (Å²) in [4.78, 5) is 13.9. The zero-order valence-corrected chi connectivity index (χ0v) is 12.4. The molecule has 0 saturated carbocycles. The summed E-state index contributed by atoms with van der Waals surface area (Å²) in [5.41, 5.74) is 1.05. The maximum absolute atomic E-state index is 12.1. The first-order chi connectivity index (χ1) is 9.70. The van der Waals surface area contributed by atoms with Crippen LogP contribution in [0.25, 0.3) is 0 Å². The Bertz CT molecular complexity index is 435. The third kappa shape index (κ3) is 4.20. The number of rotatable bonds is 5. The molecule has 20 heavy (non-hydrogen) atoms. The lowest BCUT2D eigenvalue weighted by Gasteiger charge is -2.33. The lowest BCUT2D eigenvalue weighted by Crippen LogP contribution is -2.42. The maximum Gasteiger partial charge on any atom is 0.225 e. The standard InChI is InChI=1S/C15H20ClNO3/c1-2-19-9-7-15(18)17-8-10-20-14(11-17)12-3-5-13(16)6-4-12/h3-6,14H,2,7-11H2,1H3/t14-/m1/s1. The lowest BCUT2D eigenvalue weighted by atomic mass is 10.1. The Morgan fingerprint density at radius 3 is 2.90 bits per heavy atom. The third-order valence-electron chi connectivity index (χ3n) is 3.33. The molecule has 0 radical (unpaired) electrons. The zero-order valence-electron chi connectivity index (χ0n) is 11.7. The summed E-state index contributed by atoms with van der Waals surface area (Å²) in [5.74, 6) is 0.126. The van der Waals surface area contributed by atoms with Crippen molar-refractivity contribution in [3.8, 4) is 0 Å². The highest BCUT2D eigenvalue weighted by atomic mass is 35.5. The van der Waals surface area contributed by atoms with Crippen LogP contribution in [0.4, 0.5) is 0 Å². The van der Waals surface area contributed by atoms with E-state index in [0.29, 0.717) is 44.4 Å². The molecule has 0 aromatic heterocycles. The second-order valence-corrected chi connectivity index (χ2v) is 5.13. The summed E-state index contributed by atoms with van der Waals surface area (Å²) in [5, 5.41) is 0.703. The first-order valence-electron chi connectivity index (χ1n) is 6.93. The van der Waals surface area contributed by atoms with E-state index in [1.165, 1.54) is 0 Å². The fourth-order valence-electron chi connectivity index (χ4n) is 2.22. The van der Waals surface area contributed by atoms with Gasteiger partial charge in [0.2, 0.25) is 5.91 Å². The molecule has 1 amide bonds. The van der Waals surface area contributed by atoms with Gasteiger partial charge in [0.25, 0.3) is 0 Å². The van der Waals surface area contributed by atoms with Crippen LogP contribution >= 0.6 is 11.6 Å². The van der Waals surface area contributed by atoms with Crippen molar-refractivity contribution in [2.75, 3.05) is 32.9 Å². The number of hydrogen-bond donors (Lipinski definition) is 0. The van der Waals surface area contributed by atoms with Crippen molar-refractivity contribution in [1.29, 1.82) is 0 Å². The number of carbonyl (C=O) groups excluding carboxylic acids is 1. The van der Waals surface area contributed by atoms with Gasteiger partial charge in [-0.05, 0) is 24.6 Å². The van der Waals surface area contributed by atoms with Crippen molar-refractivity contribution in [3.05, 3.63) is 34.9 Å². The summed E-state index contributed by atoms with van der Waals surface area (Å²) in [7, 11) is 0. The van der Waals surface area contributed by atoms with E-state index in [0.717, 1.165) is 5.56 Å². The predicted octanol–water partition coefficient (Wildman–Crippen LogP) is 2.67. The molecule has 1 aliphatic heterocycles. The van der Waals surface area contributed by atoms with Crippen LogP contribution in [0.15, 0.2) is 24.3 Å². The second-order valence-electron chi connectivity index (χ2n) is 4.70. The molecule has 0 aliphatic carbocycles. The summed E-state index contributed by atoms with van der Waals surface area (Å²) >= 11 is 5.88. The molecule has 0 N–H and O–H groups in total. The van der Waals surface area contributed by atoms with Gasteiger partial charge < -0.3 is 14.4 Å². The summed E-state index contributed by atoms with van der Waals surface area (Å²) < 4.78 is 11.0. The first kappa shape index (κ1) is 15.3. The first-order valence-corrected chi connectivity index (χ1v) is 7.31. The van der Waals surface area contributed by atoms with Gasteiger partial charge in [-0.2, -0.15) is 0 Å².